The first-order valence-corrected chi connectivity index (χ1v) is 8.68. The van der Waals surface area contributed by atoms with E-state index in [1.807, 2.05) is 25.1 Å². The molecule has 128 valence electrons. The molecular weight excluding hydrogens is 372 g/mol. The number of rotatable bonds is 3. The molecule has 0 saturated heterocycles. The van der Waals surface area contributed by atoms with Gasteiger partial charge in [-0.3, -0.25) is 10.1 Å². The summed E-state index contributed by atoms with van der Waals surface area (Å²) in [4.78, 5) is 10.3. The molecule has 1 atom stereocenters. The molecule has 1 aliphatic heterocycles. The summed E-state index contributed by atoms with van der Waals surface area (Å²) in [6, 6.07) is 13.5. The standard InChI is InChI=1S/C10H10BrNO3.C8H11N/c1-6-2-3-7-4-8(11)9(12(13)14)5-10(7)15-6;9-7-6-8-4-2-1-3-5-8/h4-6H,2-3H2,1H3;1-5H,6-7,9H2. The van der Waals surface area contributed by atoms with E-state index in [-0.39, 0.29) is 11.8 Å². The van der Waals surface area contributed by atoms with E-state index >= 15 is 0 Å². The number of nitrogens with two attached hydrogens (primary N) is 1. The summed E-state index contributed by atoms with van der Waals surface area (Å²) in [6.07, 6.45) is 2.99. The Balaban J connectivity index is 0.000000198. The summed E-state index contributed by atoms with van der Waals surface area (Å²) < 4.78 is 6.07. The second-order valence-corrected chi connectivity index (χ2v) is 6.51. The van der Waals surface area contributed by atoms with E-state index in [1.54, 1.807) is 6.07 Å². The molecule has 0 fully saturated rings. The number of nitro benzene ring substituents is 1. The highest BCUT2D eigenvalue weighted by molar-refractivity contribution is 9.10. The van der Waals surface area contributed by atoms with Crippen LogP contribution < -0.4 is 10.5 Å². The predicted octanol–water partition coefficient (Wildman–Crippen LogP) is 4.26. The van der Waals surface area contributed by atoms with Crippen molar-refractivity contribution in [1.82, 2.24) is 0 Å². The second-order valence-electron chi connectivity index (χ2n) is 5.66. The van der Waals surface area contributed by atoms with Gasteiger partial charge in [0.2, 0.25) is 0 Å². The number of hydrogen-bond acceptors (Lipinski definition) is 4. The highest BCUT2D eigenvalue weighted by Gasteiger charge is 2.22. The minimum absolute atomic E-state index is 0.0582. The first kappa shape index (κ1) is 18.4. The molecule has 24 heavy (non-hydrogen) atoms. The Morgan fingerprint density at radius 1 is 1.33 bits per heavy atom. The molecule has 3 rings (SSSR count). The molecule has 1 unspecified atom stereocenters. The smallest absolute Gasteiger partial charge is 0.287 e. The Bertz CT molecular complexity index is 692. The number of nitrogens with zero attached hydrogens (tertiary/aromatic N) is 1. The van der Waals surface area contributed by atoms with Gasteiger partial charge in [-0.15, -0.1) is 0 Å². The van der Waals surface area contributed by atoms with E-state index in [1.165, 1.54) is 11.6 Å². The summed E-state index contributed by atoms with van der Waals surface area (Å²) in [5.41, 5.74) is 7.77. The highest BCUT2D eigenvalue weighted by atomic mass is 79.9. The van der Waals surface area contributed by atoms with E-state index in [0.717, 1.165) is 31.4 Å². The van der Waals surface area contributed by atoms with Crippen molar-refractivity contribution < 1.29 is 9.66 Å². The van der Waals surface area contributed by atoms with Gasteiger partial charge in [-0.1, -0.05) is 30.3 Å². The van der Waals surface area contributed by atoms with E-state index in [2.05, 4.69) is 28.1 Å². The Hall–Kier alpha value is -1.92. The number of aryl methyl sites for hydroxylation is 1. The van der Waals surface area contributed by atoms with Gasteiger partial charge in [-0.25, -0.2) is 0 Å². The molecule has 1 heterocycles. The molecule has 2 aromatic rings. The van der Waals surface area contributed by atoms with E-state index in [9.17, 15) is 10.1 Å². The number of nitro groups is 1. The molecule has 1 aliphatic rings. The van der Waals surface area contributed by atoms with Crippen LogP contribution in [0, 0.1) is 10.1 Å². The Kier molecular flexibility index (Phi) is 6.75. The molecule has 0 radical (unpaired) electrons. The lowest BCUT2D eigenvalue weighted by molar-refractivity contribution is -0.385. The number of benzene rings is 2. The van der Waals surface area contributed by atoms with Crippen LogP contribution in [-0.4, -0.2) is 17.6 Å². The minimum atomic E-state index is -0.410. The predicted molar refractivity (Wildman–Crippen MR) is 98.4 cm³/mol. The van der Waals surface area contributed by atoms with Crippen LogP contribution in [0.25, 0.3) is 0 Å². The fraction of sp³-hybridized carbons (Fsp3) is 0.333. The van der Waals surface area contributed by atoms with Crippen molar-refractivity contribution in [3.05, 3.63) is 68.2 Å². The number of fused-ring (bicyclic) bond motifs is 1. The molecule has 0 aliphatic carbocycles. The van der Waals surface area contributed by atoms with Crippen LogP contribution in [0.1, 0.15) is 24.5 Å². The van der Waals surface area contributed by atoms with Crippen LogP contribution in [-0.2, 0) is 12.8 Å². The molecule has 2 aromatic carbocycles. The number of halogens is 1. The van der Waals surface area contributed by atoms with Gasteiger partial charge in [0, 0.05) is 0 Å². The van der Waals surface area contributed by atoms with Crippen molar-refractivity contribution in [2.45, 2.75) is 32.3 Å². The summed E-state index contributed by atoms with van der Waals surface area (Å²) in [5.74, 6) is 0.642. The zero-order valence-corrected chi connectivity index (χ0v) is 15.2. The van der Waals surface area contributed by atoms with Gasteiger partial charge < -0.3 is 10.5 Å². The third-order valence-corrected chi connectivity index (χ3v) is 4.39. The number of hydrogen-bond donors (Lipinski definition) is 1. The van der Waals surface area contributed by atoms with Gasteiger partial charge in [-0.2, -0.15) is 0 Å². The van der Waals surface area contributed by atoms with Gasteiger partial charge in [0.05, 0.1) is 21.6 Å². The third kappa shape index (κ3) is 5.04. The monoisotopic (exact) mass is 392 g/mol. The average Bonchev–Trinajstić information content (AvgIpc) is 2.56. The van der Waals surface area contributed by atoms with E-state index < -0.39 is 4.92 Å². The molecule has 2 N–H and O–H groups in total. The van der Waals surface area contributed by atoms with Gasteiger partial charge in [0.1, 0.15) is 5.75 Å². The summed E-state index contributed by atoms with van der Waals surface area (Å²) >= 11 is 3.19. The van der Waals surface area contributed by atoms with Crippen LogP contribution in [0.5, 0.6) is 5.75 Å². The molecule has 0 spiro atoms. The van der Waals surface area contributed by atoms with Crippen LogP contribution in [0.2, 0.25) is 0 Å². The molecular formula is C18H21BrN2O3. The van der Waals surface area contributed by atoms with Crippen molar-refractivity contribution in [3.63, 3.8) is 0 Å². The lowest BCUT2D eigenvalue weighted by Crippen LogP contribution is -2.18. The van der Waals surface area contributed by atoms with Crippen molar-refractivity contribution in [1.29, 1.82) is 0 Å². The summed E-state index contributed by atoms with van der Waals surface area (Å²) in [6.45, 7) is 2.71. The third-order valence-electron chi connectivity index (χ3n) is 3.75. The van der Waals surface area contributed by atoms with Crippen LogP contribution in [0.3, 0.4) is 0 Å². The highest BCUT2D eigenvalue weighted by Crippen LogP contribution is 2.36. The fourth-order valence-corrected chi connectivity index (χ4v) is 3.01. The van der Waals surface area contributed by atoms with Gasteiger partial charge in [0.25, 0.3) is 5.69 Å². The lowest BCUT2D eigenvalue weighted by Gasteiger charge is -2.23. The number of ether oxygens (including phenoxy) is 1. The Morgan fingerprint density at radius 2 is 2.04 bits per heavy atom. The molecule has 5 nitrogen and oxygen atoms in total. The Labute approximate surface area is 150 Å². The second kappa shape index (κ2) is 8.80. The van der Waals surface area contributed by atoms with Crippen LogP contribution >= 0.6 is 15.9 Å². The zero-order valence-electron chi connectivity index (χ0n) is 13.6. The maximum atomic E-state index is 10.7. The maximum absolute atomic E-state index is 10.7. The van der Waals surface area contributed by atoms with E-state index in [0.29, 0.717) is 10.2 Å². The first-order chi connectivity index (χ1) is 11.5. The topological polar surface area (TPSA) is 78.4 Å². The molecule has 0 bridgehead atoms. The van der Waals surface area contributed by atoms with Crippen molar-refractivity contribution in [2.75, 3.05) is 6.54 Å². The van der Waals surface area contributed by atoms with Crippen molar-refractivity contribution >= 4 is 21.6 Å². The Morgan fingerprint density at radius 3 is 2.67 bits per heavy atom. The fourth-order valence-electron chi connectivity index (χ4n) is 2.47. The quantitative estimate of drug-likeness (QED) is 0.624. The summed E-state index contributed by atoms with van der Waals surface area (Å²) in [7, 11) is 0. The van der Waals surface area contributed by atoms with Crippen molar-refractivity contribution in [2.24, 2.45) is 5.73 Å². The minimum Gasteiger partial charge on any atom is -0.490 e. The maximum Gasteiger partial charge on any atom is 0.287 e. The molecule has 0 saturated carbocycles. The molecule has 0 amide bonds. The van der Waals surface area contributed by atoms with Crippen LogP contribution in [0.4, 0.5) is 5.69 Å². The largest absolute Gasteiger partial charge is 0.490 e. The van der Waals surface area contributed by atoms with E-state index in [4.69, 9.17) is 10.5 Å². The zero-order chi connectivity index (χ0) is 17.5. The van der Waals surface area contributed by atoms with Gasteiger partial charge in [-0.05, 0) is 65.9 Å². The molecule has 0 aromatic heterocycles. The van der Waals surface area contributed by atoms with Crippen molar-refractivity contribution in [3.8, 4) is 5.75 Å². The first-order valence-electron chi connectivity index (χ1n) is 7.88. The van der Waals surface area contributed by atoms with Gasteiger partial charge in [0.15, 0.2) is 0 Å². The summed E-state index contributed by atoms with van der Waals surface area (Å²) in [5, 5.41) is 10.7. The average molecular weight is 393 g/mol. The molecule has 6 heteroatoms. The lowest BCUT2D eigenvalue weighted by atomic mass is 10.0. The normalized spacial score (nSPS) is 15.5. The van der Waals surface area contributed by atoms with Crippen LogP contribution in [0.15, 0.2) is 46.9 Å². The van der Waals surface area contributed by atoms with Gasteiger partial charge >= 0.3 is 0 Å². The SMILES string of the molecule is CC1CCc2cc(Br)c([N+](=O)[O-])cc2O1.NCCc1ccccc1.